The van der Waals surface area contributed by atoms with Crippen molar-refractivity contribution in [1.82, 2.24) is 0 Å². The number of alkyl halides is 3. The number of hydrogen-bond acceptors (Lipinski definition) is 4. The molecule has 0 spiro atoms. The lowest BCUT2D eigenvalue weighted by molar-refractivity contribution is -0.274. The topological polar surface area (TPSA) is 92.7 Å². The van der Waals surface area contributed by atoms with Crippen LogP contribution in [0.1, 0.15) is 15.9 Å². The van der Waals surface area contributed by atoms with Crippen LogP contribution in [0.15, 0.2) is 71.6 Å². The van der Waals surface area contributed by atoms with Gasteiger partial charge < -0.3 is 9.84 Å². The molecule has 3 rings (SSSR count). The summed E-state index contributed by atoms with van der Waals surface area (Å²) in [5.41, 5.74) is 1.80. The number of halogens is 3. The predicted molar refractivity (Wildman–Crippen MR) is 108 cm³/mol. The molecular formula is C21H16F3NO5S. The molecule has 0 radical (unpaired) electrons. The van der Waals surface area contributed by atoms with Gasteiger partial charge in [0.15, 0.2) is 0 Å². The molecule has 0 saturated heterocycles. The molecule has 6 nitrogen and oxygen atoms in total. The van der Waals surface area contributed by atoms with E-state index in [-0.39, 0.29) is 21.9 Å². The fourth-order valence-electron chi connectivity index (χ4n) is 2.79. The molecular weight excluding hydrogens is 435 g/mol. The van der Waals surface area contributed by atoms with Gasteiger partial charge in [-0.3, -0.25) is 4.72 Å². The standard InChI is InChI=1S/C21H16F3NO5S/c1-13-2-11-18(12-19(13)20(26)27)31(28,29)25-16-7-3-14(4-8-16)15-5-9-17(10-6-15)30-21(22,23)24/h2-12,25H,1H3,(H,26,27). The molecule has 2 N–H and O–H groups in total. The van der Waals surface area contributed by atoms with Crippen molar-refractivity contribution >= 4 is 21.7 Å². The van der Waals surface area contributed by atoms with E-state index in [1.165, 1.54) is 48.5 Å². The number of carboxylic acids is 1. The second-order valence-corrected chi connectivity index (χ2v) is 8.22. The molecule has 0 aliphatic heterocycles. The van der Waals surface area contributed by atoms with Crippen LogP contribution in [0.3, 0.4) is 0 Å². The number of benzene rings is 3. The fourth-order valence-corrected chi connectivity index (χ4v) is 3.88. The first-order chi connectivity index (χ1) is 14.4. The highest BCUT2D eigenvalue weighted by Crippen LogP contribution is 2.28. The van der Waals surface area contributed by atoms with Crippen LogP contribution in [0.25, 0.3) is 11.1 Å². The van der Waals surface area contributed by atoms with Crippen LogP contribution in [-0.4, -0.2) is 25.9 Å². The highest BCUT2D eigenvalue weighted by Gasteiger charge is 2.31. The first-order valence-corrected chi connectivity index (χ1v) is 10.3. The molecule has 0 unspecified atom stereocenters. The number of anilines is 1. The molecule has 162 valence electrons. The number of carboxylic acid groups (broad SMARTS) is 1. The van der Waals surface area contributed by atoms with Gasteiger partial charge in [-0.15, -0.1) is 13.2 Å². The molecule has 0 heterocycles. The number of nitrogens with one attached hydrogen (secondary N) is 1. The van der Waals surface area contributed by atoms with Crippen LogP contribution in [0, 0.1) is 6.92 Å². The molecule has 0 saturated carbocycles. The van der Waals surface area contributed by atoms with Gasteiger partial charge in [0.05, 0.1) is 10.5 Å². The van der Waals surface area contributed by atoms with Gasteiger partial charge in [0.2, 0.25) is 0 Å². The third kappa shape index (κ3) is 5.54. The number of sulfonamides is 1. The van der Waals surface area contributed by atoms with E-state index in [9.17, 15) is 31.5 Å². The summed E-state index contributed by atoms with van der Waals surface area (Å²) in [6, 6.07) is 15.2. The summed E-state index contributed by atoms with van der Waals surface area (Å²) in [7, 11) is -4.02. The quantitative estimate of drug-likeness (QED) is 0.547. The molecule has 0 fully saturated rings. The predicted octanol–water partition coefficient (Wildman–Crippen LogP) is 5.06. The monoisotopic (exact) mass is 451 g/mol. The van der Waals surface area contributed by atoms with E-state index in [1.807, 2.05) is 0 Å². The Morgan fingerprint density at radius 1 is 0.935 bits per heavy atom. The zero-order chi connectivity index (χ0) is 22.8. The SMILES string of the molecule is Cc1ccc(S(=O)(=O)Nc2ccc(-c3ccc(OC(F)(F)F)cc3)cc2)cc1C(=O)O. The summed E-state index contributed by atoms with van der Waals surface area (Å²) in [5.74, 6) is -1.58. The molecule has 0 aromatic heterocycles. The second-order valence-electron chi connectivity index (χ2n) is 6.54. The van der Waals surface area contributed by atoms with Gasteiger partial charge in [-0.2, -0.15) is 0 Å². The van der Waals surface area contributed by atoms with Crippen molar-refractivity contribution in [3.63, 3.8) is 0 Å². The zero-order valence-corrected chi connectivity index (χ0v) is 16.8. The number of hydrogen-bond donors (Lipinski definition) is 2. The molecule has 3 aromatic rings. The molecule has 0 aliphatic rings. The zero-order valence-electron chi connectivity index (χ0n) is 16.0. The largest absolute Gasteiger partial charge is 0.573 e. The molecule has 0 aliphatic carbocycles. The lowest BCUT2D eigenvalue weighted by atomic mass is 10.1. The van der Waals surface area contributed by atoms with Gasteiger partial charge in [-0.05, 0) is 60.0 Å². The van der Waals surface area contributed by atoms with Crippen molar-refractivity contribution in [3.8, 4) is 16.9 Å². The Hall–Kier alpha value is -3.53. The van der Waals surface area contributed by atoms with Gasteiger partial charge >= 0.3 is 12.3 Å². The number of rotatable bonds is 6. The van der Waals surface area contributed by atoms with E-state index in [0.29, 0.717) is 16.7 Å². The molecule has 10 heteroatoms. The third-order valence-corrected chi connectivity index (χ3v) is 5.69. The lowest BCUT2D eigenvalue weighted by Crippen LogP contribution is -2.16. The van der Waals surface area contributed by atoms with E-state index < -0.39 is 22.4 Å². The first-order valence-electron chi connectivity index (χ1n) is 8.78. The van der Waals surface area contributed by atoms with Gasteiger partial charge in [0.25, 0.3) is 10.0 Å². The molecule has 31 heavy (non-hydrogen) atoms. The lowest BCUT2D eigenvalue weighted by Gasteiger charge is -2.11. The summed E-state index contributed by atoms with van der Waals surface area (Å²) in [6.07, 6.45) is -4.77. The minimum atomic E-state index is -4.77. The number of aryl methyl sites for hydroxylation is 1. The van der Waals surface area contributed by atoms with Crippen LogP contribution in [-0.2, 0) is 10.0 Å². The van der Waals surface area contributed by atoms with Gasteiger partial charge in [0, 0.05) is 5.69 Å². The van der Waals surface area contributed by atoms with Crippen molar-refractivity contribution in [3.05, 3.63) is 77.9 Å². The average Bonchev–Trinajstić information content (AvgIpc) is 2.68. The number of ether oxygens (including phenoxy) is 1. The Bertz CT molecular complexity index is 1210. The highest BCUT2D eigenvalue weighted by molar-refractivity contribution is 7.92. The van der Waals surface area contributed by atoms with Crippen molar-refractivity contribution in [1.29, 1.82) is 0 Å². The molecule has 0 bridgehead atoms. The Labute approximate surface area is 176 Å². The van der Waals surface area contributed by atoms with E-state index in [2.05, 4.69) is 9.46 Å². The van der Waals surface area contributed by atoms with E-state index in [1.54, 1.807) is 19.1 Å². The summed E-state index contributed by atoms with van der Waals surface area (Å²) in [4.78, 5) is 11.0. The first kappa shape index (κ1) is 22.2. The highest BCUT2D eigenvalue weighted by atomic mass is 32.2. The maximum atomic E-state index is 12.6. The summed E-state index contributed by atoms with van der Waals surface area (Å²) in [5, 5.41) is 9.18. The van der Waals surface area contributed by atoms with Crippen molar-refractivity contribution in [2.75, 3.05) is 4.72 Å². The van der Waals surface area contributed by atoms with E-state index in [0.717, 1.165) is 6.07 Å². The van der Waals surface area contributed by atoms with E-state index >= 15 is 0 Å². The average molecular weight is 451 g/mol. The fraction of sp³-hybridized carbons (Fsp3) is 0.0952. The molecule has 0 atom stereocenters. The van der Waals surface area contributed by atoms with Crippen LogP contribution in [0.4, 0.5) is 18.9 Å². The van der Waals surface area contributed by atoms with Gasteiger partial charge in [0.1, 0.15) is 5.75 Å². The number of aromatic carboxylic acids is 1. The normalized spacial score (nSPS) is 11.7. The maximum absolute atomic E-state index is 12.6. The minimum Gasteiger partial charge on any atom is -0.478 e. The van der Waals surface area contributed by atoms with Crippen LogP contribution in [0.2, 0.25) is 0 Å². The Morgan fingerprint density at radius 2 is 1.48 bits per heavy atom. The van der Waals surface area contributed by atoms with Crippen molar-refractivity contribution in [2.24, 2.45) is 0 Å². The molecule has 0 amide bonds. The number of carbonyl (C=O) groups is 1. The second kappa shape index (κ2) is 8.31. The van der Waals surface area contributed by atoms with Crippen molar-refractivity contribution in [2.45, 2.75) is 18.2 Å². The summed E-state index contributed by atoms with van der Waals surface area (Å²) < 4.78 is 68.1. The third-order valence-electron chi connectivity index (χ3n) is 4.31. The minimum absolute atomic E-state index is 0.115. The van der Waals surface area contributed by atoms with E-state index in [4.69, 9.17) is 0 Å². The van der Waals surface area contributed by atoms with Crippen molar-refractivity contribution < 1.29 is 36.2 Å². The summed E-state index contributed by atoms with van der Waals surface area (Å²) in [6.45, 7) is 1.56. The van der Waals surface area contributed by atoms with Crippen LogP contribution >= 0.6 is 0 Å². The van der Waals surface area contributed by atoms with Gasteiger partial charge in [-0.25, -0.2) is 13.2 Å². The Morgan fingerprint density at radius 3 is 2.00 bits per heavy atom. The Balaban J connectivity index is 1.77. The smallest absolute Gasteiger partial charge is 0.478 e. The van der Waals surface area contributed by atoms with Gasteiger partial charge in [-0.1, -0.05) is 30.3 Å². The maximum Gasteiger partial charge on any atom is 0.573 e. The van der Waals surface area contributed by atoms with Crippen LogP contribution in [0.5, 0.6) is 5.75 Å². The summed E-state index contributed by atoms with van der Waals surface area (Å²) >= 11 is 0. The Kier molecular flexibility index (Phi) is 5.94. The molecule has 3 aromatic carbocycles. The van der Waals surface area contributed by atoms with Crippen LogP contribution < -0.4 is 9.46 Å².